The Morgan fingerprint density at radius 2 is 2.00 bits per heavy atom. The lowest BCUT2D eigenvalue weighted by Crippen LogP contribution is -2.30. The van der Waals surface area contributed by atoms with Crippen molar-refractivity contribution in [1.82, 2.24) is 5.32 Å². The van der Waals surface area contributed by atoms with Crippen molar-refractivity contribution >= 4 is 5.91 Å². The zero-order chi connectivity index (χ0) is 10.4. The summed E-state index contributed by atoms with van der Waals surface area (Å²) in [6.07, 6.45) is 4.34. The normalized spacial score (nSPS) is 27.5. The van der Waals surface area contributed by atoms with E-state index in [2.05, 4.69) is 5.32 Å². The molecular weight excluding hydrogens is 180 g/mol. The first-order valence-electron chi connectivity index (χ1n) is 5.35. The molecule has 1 saturated carbocycles. The van der Waals surface area contributed by atoms with E-state index in [0.29, 0.717) is 18.9 Å². The van der Waals surface area contributed by atoms with Crippen LogP contribution in [0.1, 0.15) is 32.1 Å². The highest BCUT2D eigenvalue weighted by atomic mass is 16.3. The molecule has 1 rings (SSSR count). The van der Waals surface area contributed by atoms with Crippen molar-refractivity contribution in [1.29, 1.82) is 0 Å². The molecule has 0 saturated heterocycles. The van der Waals surface area contributed by atoms with E-state index in [1.807, 2.05) is 0 Å². The molecule has 4 N–H and O–H groups in total. The molecule has 1 aliphatic carbocycles. The van der Waals surface area contributed by atoms with Crippen LogP contribution in [0.15, 0.2) is 0 Å². The molecule has 0 aromatic rings. The second-order valence-corrected chi connectivity index (χ2v) is 4.09. The molecule has 4 nitrogen and oxygen atoms in total. The quantitative estimate of drug-likeness (QED) is 0.547. The van der Waals surface area contributed by atoms with Gasteiger partial charge in [-0.1, -0.05) is 0 Å². The van der Waals surface area contributed by atoms with Crippen LogP contribution >= 0.6 is 0 Å². The molecule has 1 fully saturated rings. The Labute approximate surface area is 84.9 Å². The average molecular weight is 200 g/mol. The minimum atomic E-state index is -0.253. The predicted molar refractivity (Wildman–Crippen MR) is 54.6 cm³/mol. The number of carbonyl (C=O) groups is 1. The maximum absolute atomic E-state index is 10.4. The number of hydrogen-bond acceptors (Lipinski definition) is 3. The molecule has 14 heavy (non-hydrogen) atoms. The van der Waals surface area contributed by atoms with Gasteiger partial charge in [-0.3, -0.25) is 4.79 Å². The molecule has 0 aromatic carbocycles. The van der Waals surface area contributed by atoms with Gasteiger partial charge in [-0.15, -0.1) is 0 Å². The highest BCUT2D eigenvalue weighted by molar-refractivity contribution is 5.73. The fourth-order valence-corrected chi connectivity index (χ4v) is 1.87. The Morgan fingerprint density at radius 3 is 2.57 bits per heavy atom. The van der Waals surface area contributed by atoms with E-state index in [-0.39, 0.29) is 12.0 Å². The lowest BCUT2D eigenvalue weighted by molar-refractivity contribution is -0.117. The van der Waals surface area contributed by atoms with E-state index in [4.69, 9.17) is 5.73 Å². The minimum absolute atomic E-state index is 0.0862. The van der Waals surface area contributed by atoms with Gasteiger partial charge < -0.3 is 16.2 Å². The average Bonchev–Trinajstić information content (AvgIpc) is 2.15. The minimum Gasteiger partial charge on any atom is -0.393 e. The number of rotatable bonds is 5. The SMILES string of the molecule is NC(=O)CCNCC1CCC(O)CC1. The zero-order valence-electron chi connectivity index (χ0n) is 8.54. The van der Waals surface area contributed by atoms with Gasteiger partial charge in [0.15, 0.2) is 0 Å². The summed E-state index contributed by atoms with van der Waals surface area (Å²) in [6, 6.07) is 0. The van der Waals surface area contributed by atoms with Gasteiger partial charge in [0.05, 0.1) is 6.10 Å². The molecule has 0 spiro atoms. The van der Waals surface area contributed by atoms with Crippen LogP contribution in [0.4, 0.5) is 0 Å². The highest BCUT2D eigenvalue weighted by Crippen LogP contribution is 2.23. The van der Waals surface area contributed by atoms with E-state index in [1.54, 1.807) is 0 Å². The molecule has 82 valence electrons. The first-order valence-corrected chi connectivity index (χ1v) is 5.35. The number of carbonyl (C=O) groups excluding carboxylic acids is 1. The second-order valence-electron chi connectivity index (χ2n) is 4.09. The standard InChI is InChI=1S/C10H20N2O2/c11-10(14)5-6-12-7-8-1-3-9(13)4-2-8/h8-9,12-13H,1-7H2,(H2,11,14). The Hall–Kier alpha value is -0.610. The third kappa shape index (κ3) is 4.58. The van der Waals surface area contributed by atoms with Crippen molar-refractivity contribution in [3.05, 3.63) is 0 Å². The number of amides is 1. The Balaban J connectivity index is 1.99. The van der Waals surface area contributed by atoms with Crippen LogP contribution < -0.4 is 11.1 Å². The van der Waals surface area contributed by atoms with Crippen LogP contribution in [0.2, 0.25) is 0 Å². The second kappa shape index (κ2) is 5.98. The van der Waals surface area contributed by atoms with Crippen LogP contribution in [0.3, 0.4) is 0 Å². The molecule has 0 aliphatic heterocycles. The van der Waals surface area contributed by atoms with E-state index in [1.165, 1.54) is 0 Å². The summed E-state index contributed by atoms with van der Waals surface area (Å²) in [4.78, 5) is 10.4. The van der Waals surface area contributed by atoms with Crippen LogP contribution in [0, 0.1) is 5.92 Å². The molecule has 0 heterocycles. The first kappa shape index (κ1) is 11.5. The maximum atomic E-state index is 10.4. The molecule has 1 aliphatic rings. The van der Waals surface area contributed by atoms with Crippen LogP contribution in [0.5, 0.6) is 0 Å². The number of nitrogens with one attached hydrogen (secondary N) is 1. The molecule has 0 bridgehead atoms. The van der Waals surface area contributed by atoms with Crippen molar-refractivity contribution in [2.24, 2.45) is 11.7 Å². The molecule has 0 radical (unpaired) electrons. The van der Waals surface area contributed by atoms with Crippen molar-refractivity contribution in [2.45, 2.75) is 38.2 Å². The lowest BCUT2D eigenvalue weighted by Gasteiger charge is -2.25. The van der Waals surface area contributed by atoms with Gasteiger partial charge in [0.25, 0.3) is 0 Å². The Bertz CT molecular complexity index is 177. The summed E-state index contributed by atoms with van der Waals surface area (Å²) in [5.74, 6) is 0.405. The molecular formula is C10H20N2O2. The molecule has 0 aromatic heterocycles. The van der Waals surface area contributed by atoms with E-state index >= 15 is 0 Å². The largest absolute Gasteiger partial charge is 0.393 e. The van der Waals surface area contributed by atoms with Crippen molar-refractivity contribution in [3.63, 3.8) is 0 Å². The Kier molecular flexibility index (Phi) is 4.90. The maximum Gasteiger partial charge on any atom is 0.218 e. The van der Waals surface area contributed by atoms with E-state index < -0.39 is 0 Å². The molecule has 1 amide bonds. The number of nitrogens with two attached hydrogens (primary N) is 1. The van der Waals surface area contributed by atoms with Crippen LogP contribution in [0.25, 0.3) is 0 Å². The van der Waals surface area contributed by atoms with E-state index in [9.17, 15) is 9.90 Å². The predicted octanol–water partition coefficient (Wildman–Crippen LogP) is 0.00250. The van der Waals surface area contributed by atoms with E-state index in [0.717, 1.165) is 32.2 Å². The summed E-state index contributed by atoms with van der Waals surface area (Å²) in [7, 11) is 0. The number of aliphatic hydroxyl groups excluding tert-OH is 1. The van der Waals surface area contributed by atoms with Crippen molar-refractivity contribution < 1.29 is 9.90 Å². The Morgan fingerprint density at radius 1 is 1.36 bits per heavy atom. The van der Waals surface area contributed by atoms with Crippen LogP contribution in [-0.4, -0.2) is 30.2 Å². The monoisotopic (exact) mass is 200 g/mol. The van der Waals surface area contributed by atoms with Gasteiger partial charge in [0, 0.05) is 13.0 Å². The van der Waals surface area contributed by atoms with Gasteiger partial charge >= 0.3 is 0 Å². The molecule has 0 atom stereocenters. The number of aliphatic hydroxyl groups is 1. The molecule has 4 heteroatoms. The van der Waals surface area contributed by atoms with Gasteiger partial charge in [-0.25, -0.2) is 0 Å². The summed E-state index contributed by atoms with van der Waals surface area (Å²) in [5.41, 5.74) is 5.02. The highest BCUT2D eigenvalue weighted by Gasteiger charge is 2.18. The van der Waals surface area contributed by atoms with Gasteiger partial charge in [0.2, 0.25) is 5.91 Å². The summed E-state index contributed by atoms with van der Waals surface area (Å²) in [6.45, 7) is 1.62. The smallest absolute Gasteiger partial charge is 0.218 e. The summed E-state index contributed by atoms with van der Waals surface area (Å²) >= 11 is 0. The fourth-order valence-electron chi connectivity index (χ4n) is 1.87. The van der Waals surface area contributed by atoms with Crippen molar-refractivity contribution in [3.8, 4) is 0 Å². The number of hydrogen-bond donors (Lipinski definition) is 3. The third-order valence-electron chi connectivity index (χ3n) is 2.80. The fraction of sp³-hybridized carbons (Fsp3) is 0.900. The summed E-state index contributed by atoms with van der Waals surface area (Å²) < 4.78 is 0. The van der Waals surface area contributed by atoms with Gasteiger partial charge in [0.1, 0.15) is 0 Å². The summed E-state index contributed by atoms with van der Waals surface area (Å²) in [5, 5.41) is 12.5. The zero-order valence-corrected chi connectivity index (χ0v) is 8.54. The van der Waals surface area contributed by atoms with Gasteiger partial charge in [-0.2, -0.15) is 0 Å². The first-order chi connectivity index (χ1) is 6.68. The van der Waals surface area contributed by atoms with Crippen molar-refractivity contribution in [2.75, 3.05) is 13.1 Å². The lowest BCUT2D eigenvalue weighted by atomic mass is 9.87. The molecule has 0 unspecified atom stereocenters. The number of primary amides is 1. The topological polar surface area (TPSA) is 75.4 Å². The van der Waals surface area contributed by atoms with Crippen LogP contribution in [-0.2, 0) is 4.79 Å². The van der Waals surface area contributed by atoms with Gasteiger partial charge in [-0.05, 0) is 38.1 Å². The third-order valence-corrected chi connectivity index (χ3v) is 2.80.